The largest absolute Gasteiger partial charge is 0.384 e. The summed E-state index contributed by atoms with van der Waals surface area (Å²) >= 11 is 0. The quantitative estimate of drug-likeness (QED) is 0.719. The lowest BCUT2D eigenvalue weighted by Gasteiger charge is -2.06. The first-order chi connectivity index (χ1) is 7.37. The molecule has 0 aliphatic rings. The van der Waals surface area contributed by atoms with Crippen LogP contribution in [0.5, 0.6) is 0 Å². The minimum atomic E-state index is -2.89. The number of hydrogen-bond donors (Lipinski definition) is 2. The fourth-order valence-corrected chi connectivity index (χ4v) is 1.90. The summed E-state index contributed by atoms with van der Waals surface area (Å²) in [6, 6.07) is 1.62. The van der Waals surface area contributed by atoms with Crippen LogP contribution in [-0.4, -0.2) is 36.9 Å². The van der Waals surface area contributed by atoms with Crippen LogP contribution in [0.25, 0.3) is 0 Å². The van der Waals surface area contributed by atoms with Crippen molar-refractivity contribution in [3.63, 3.8) is 0 Å². The van der Waals surface area contributed by atoms with Crippen molar-refractivity contribution in [2.45, 2.75) is 13.3 Å². The van der Waals surface area contributed by atoms with Gasteiger partial charge in [0.05, 0.1) is 5.75 Å². The predicted molar refractivity (Wildman–Crippen MR) is 64.0 cm³/mol. The molecule has 3 N–H and O–H groups in total. The molecule has 0 aliphatic carbocycles. The van der Waals surface area contributed by atoms with Crippen LogP contribution < -0.4 is 11.1 Å². The lowest BCUT2D eigenvalue weighted by Crippen LogP contribution is -2.11. The van der Waals surface area contributed by atoms with E-state index in [0.29, 0.717) is 30.4 Å². The van der Waals surface area contributed by atoms with E-state index < -0.39 is 9.84 Å². The summed E-state index contributed by atoms with van der Waals surface area (Å²) in [6.07, 6.45) is 1.77. The molecular weight excluding hydrogens is 228 g/mol. The highest BCUT2D eigenvalue weighted by atomic mass is 32.2. The number of nitrogen functional groups attached to an aromatic ring is 1. The zero-order chi connectivity index (χ0) is 12.2. The molecule has 7 heteroatoms. The van der Waals surface area contributed by atoms with E-state index in [-0.39, 0.29) is 5.75 Å². The minimum absolute atomic E-state index is 0.166. The topological polar surface area (TPSA) is 98.0 Å². The summed E-state index contributed by atoms with van der Waals surface area (Å²) in [7, 11) is -2.89. The summed E-state index contributed by atoms with van der Waals surface area (Å²) in [6.45, 7) is 2.29. The Morgan fingerprint density at radius 1 is 1.44 bits per heavy atom. The smallest absolute Gasteiger partial charge is 0.147 e. The van der Waals surface area contributed by atoms with Crippen LogP contribution in [0.2, 0.25) is 0 Å². The SMILES string of the molecule is Cc1nc(N)cc(NCCCS(C)(=O)=O)n1. The van der Waals surface area contributed by atoms with Crippen LogP contribution in [0.3, 0.4) is 0 Å². The van der Waals surface area contributed by atoms with Gasteiger partial charge in [0.1, 0.15) is 27.3 Å². The van der Waals surface area contributed by atoms with Crippen molar-refractivity contribution in [3.05, 3.63) is 11.9 Å². The summed E-state index contributed by atoms with van der Waals surface area (Å²) < 4.78 is 21.8. The maximum Gasteiger partial charge on any atom is 0.147 e. The third kappa shape index (κ3) is 4.92. The zero-order valence-electron chi connectivity index (χ0n) is 9.40. The molecule has 0 aromatic carbocycles. The van der Waals surface area contributed by atoms with Gasteiger partial charge in [0, 0.05) is 18.9 Å². The van der Waals surface area contributed by atoms with Gasteiger partial charge < -0.3 is 11.1 Å². The second-order valence-electron chi connectivity index (χ2n) is 3.64. The molecule has 90 valence electrons. The van der Waals surface area contributed by atoms with Gasteiger partial charge in [-0.15, -0.1) is 0 Å². The van der Waals surface area contributed by atoms with Crippen molar-refractivity contribution in [3.8, 4) is 0 Å². The Morgan fingerprint density at radius 3 is 2.69 bits per heavy atom. The van der Waals surface area contributed by atoms with Gasteiger partial charge >= 0.3 is 0 Å². The van der Waals surface area contributed by atoms with Gasteiger partial charge in [-0.1, -0.05) is 0 Å². The number of sulfone groups is 1. The van der Waals surface area contributed by atoms with Crippen LogP contribution in [0.4, 0.5) is 11.6 Å². The number of nitrogens with one attached hydrogen (secondary N) is 1. The molecule has 0 spiro atoms. The van der Waals surface area contributed by atoms with Gasteiger partial charge in [0.15, 0.2) is 0 Å². The van der Waals surface area contributed by atoms with E-state index in [2.05, 4.69) is 15.3 Å². The van der Waals surface area contributed by atoms with Crippen LogP contribution in [-0.2, 0) is 9.84 Å². The summed E-state index contributed by atoms with van der Waals surface area (Å²) in [5, 5.41) is 3.00. The molecule has 0 bridgehead atoms. The third-order valence-electron chi connectivity index (χ3n) is 1.86. The first kappa shape index (κ1) is 12.7. The molecule has 1 rings (SSSR count). The average Bonchev–Trinajstić information content (AvgIpc) is 2.09. The van der Waals surface area contributed by atoms with E-state index in [0.717, 1.165) is 0 Å². The highest BCUT2D eigenvalue weighted by Crippen LogP contribution is 2.07. The van der Waals surface area contributed by atoms with Crippen LogP contribution in [0, 0.1) is 6.92 Å². The molecule has 0 saturated carbocycles. The number of hydrogen-bond acceptors (Lipinski definition) is 6. The summed E-state index contributed by atoms with van der Waals surface area (Å²) in [5.41, 5.74) is 5.55. The Hall–Kier alpha value is -1.37. The van der Waals surface area contributed by atoms with Gasteiger partial charge in [0.2, 0.25) is 0 Å². The fraction of sp³-hybridized carbons (Fsp3) is 0.556. The lowest BCUT2D eigenvalue weighted by molar-refractivity contribution is 0.600. The highest BCUT2D eigenvalue weighted by Gasteiger charge is 2.02. The predicted octanol–water partition coefficient (Wildman–Crippen LogP) is 0.214. The van der Waals surface area contributed by atoms with E-state index in [1.54, 1.807) is 13.0 Å². The van der Waals surface area contributed by atoms with Crippen molar-refractivity contribution in [1.82, 2.24) is 9.97 Å². The van der Waals surface area contributed by atoms with Gasteiger partial charge in [0.25, 0.3) is 0 Å². The zero-order valence-corrected chi connectivity index (χ0v) is 10.2. The molecule has 0 unspecified atom stereocenters. The first-order valence-electron chi connectivity index (χ1n) is 4.89. The van der Waals surface area contributed by atoms with Gasteiger partial charge in [-0.05, 0) is 13.3 Å². The Bertz CT molecular complexity index is 438. The average molecular weight is 244 g/mol. The van der Waals surface area contributed by atoms with Crippen LogP contribution in [0.1, 0.15) is 12.2 Å². The standard InChI is InChI=1S/C9H16N4O2S/c1-7-12-8(10)6-9(13-7)11-4-3-5-16(2,14)15/h6H,3-5H2,1-2H3,(H3,10,11,12,13). The maximum atomic E-state index is 10.9. The number of rotatable bonds is 5. The molecule has 0 aliphatic heterocycles. The molecule has 0 amide bonds. The first-order valence-corrected chi connectivity index (χ1v) is 6.95. The molecule has 0 saturated heterocycles. The number of nitrogens with zero attached hydrogens (tertiary/aromatic N) is 2. The van der Waals surface area contributed by atoms with Crippen molar-refractivity contribution in [2.75, 3.05) is 29.6 Å². The Morgan fingerprint density at radius 2 is 2.12 bits per heavy atom. The van der Waals surface area contributed by atoms with Gasteiger partial charge in [-0.3, -0.25) is 0 Å². The second-order valence-corrected chi connectivity index (χ2v) is 5.90. The molecule has 1 heterocycles. The number of aromatic nitrogens is 2. The number of nitrogens with two attached hydrogens (primary N) is 1. The van der Waals surface area contributed by atoms with E-state index in [4.69, 9.17) is 5.73 Å². The van der Waals surface area contributed by atoms with Gasteiger partial charge in [-0.2, -0.15) is 0 Å². The summed E-state index contributed by atoms with van der Waals surface area (Å²) in [5.74, 6) is 1.78. The van der Waals surface area contributed by atoms with Crippen molar-refractivity contribution >= 4 is 21.5 Å². The van der Waals surface area contributed by atoms with Crippen molar-refractivity contribution in [1.29, 1.82) is 0 Å². The molecule has 6 nitrogen and oxygen atoms in total. The third-order valence-corrected chi connectivity index (χ3v) is 2.89. The molecule has 0 atom stereocenters. The number of anilines is 2. The maximum absolute atomic E-state index is 10.9. The Balaban J connectivity index is 2.43. The molecule has 1 aromatic rings. The van der Waals surface area contributed by atoms with Crippen molar-refractivity contribution < 1.29 is 8.42 Å². The number of aryl methyl sites for hydroxylation is 1. The minimum Gasteiger partial charge on any atom is -0.384 e. The molecular formula is C9H16N4O2S. The van der Waals surface area contributed by atoms with Crippen LogP contribution >= 0.6 is 0 Å². The van der Waals surface area contributed by atoms with Crippen LogP contribution in [0.15, 0.2) is 6.07 Å². The van der Waals surface area contributed by atoms with E-state index in [9.17, 15) is 8.42 Å². The Labute approximate surface area is 95.2 Å². The monoisotopic (exact) mass is 244 g/mol. The summed E-state index contributed by atoms with van der Waals surface area (Å²) in [4.78, 5) is 8.05. The Kier molecular flexibility index (Phi) is 4.05. The van der Waals surface area contributed by atoms with E-state index in [1.165, 1.54) is 6.26 Å². The fourth-order valence-electron chi connectivity index (χ4n) is 1.23. The molecule has 1 aromatic heterocycles. The van der Waals surface area contributed by atoms with E-state index >= 15 is 0 Å². The highest BCUT2D eigenvalue weighted by molar-refractivity contribution is 7.90. The molecule has 16 heavy (non-hydrogen) atoms. The molecule has 0 fully saturated rings. The normalized spacial score (nSPS) is 11.4. The van der Waals surface area contributed by atoms with Crippen molar-refractivity contribution in [2.24, 2.45) is 0 Å². The molecule has 0 radical (unpaired) electrons. The van der Waals surface area contributed by atoms with E-state index in [1.807, 2.05) is 0 Å². The lowest BCUT2D eigenvalue weighted by atomic mass is 10.4. The van der Waals surface area contributed by atoms with Gasteiger partial charge in [-0.25, -0.2) is 18.4 Å². The second kappa shape index (κ2) is 5.11.